The first-order valence-electron chi connectivity index (χ1n) is 6.35. The predicted octanol–water partition coefficient (Wildman–Crippen LogP) is 1.93. The van der Waals surface area contributed by atoms with Crippen LogP contribution in [-0.4, -0.2) is 22.8 Å². The van der Waals surface area contributed by atoms with Gasteiger partial charge in [0, 0.05) is 31.6 Å². The van der Waals surface area contributed by atoms with Crippen molar-refractivity contribution >= 4 is 0 Å². The van der Waals surface area contributed by atoms with Crippen molar-refractivity contribution in [3.63, 3.8) is 0 Å². The Kier molecular flexibility index (Phi) is 4.02. The first kappa shape index (κ1) is 11.7. The number of aliphatic hydroxyl groups excluding tert-OH is 1. The fourth-order valence-corrected chi connectivity index (χ4v) is 2.24. The standard InChI is InChI=1S/C13H22N2O/c1-2-14-13(11-4-5-11)12-6-8-15(10-12)7-3-9-16/h6,8,10-11,13-14,16H,2-5,7,9H2,1H3. The molecule has 1 unspecified atom stereocenters. The monoisotopic (exact) mass is 222 g/mol. The van der Waals surface area contributed by atoms with E-state index in [9.17, 15) is 0 Å². The molecular weight excluding hydrogens is 200 g/mol. The highest BCUT2D eigenvalue weighted by Gasteiger charge is 2.31. The molecule has 0 radical (unpaired) electrons. The quantitative estimate of drug-likeness (QED) is 0.739. The Morgan fingerprint density at radius 3 is 3.00 bits per heavy atom. The summed E-state index contributed by atoms with van der Waals surface area (Å²) in [6.45, 7) is 4.38. The van der Waals surface area contributed by atoms with Crippen molar-refractivity contribution in [2.24, 2.45) is 5.92 Å². The Morgan fingerprint density at radius 1 is 1.56 bits per heavy atom. The molecule has 1 aromatic rings. The van der Waals surface area contributed by atoms with Crippen molar-refractivity contribution in [3.05, 3.63) is 24.0 Å². The Bertz CT molecular complexity index is 317. The van der Waals surface area contributed by atoms with E-state index < -0.39 is 0 Å². The van der Waals surface area contributed by atoms with Crippen LogP contribution in [-0.2, 0) is 6.54 Å². The molecule has 0 bridgehead atoms. The van der Waals surface area contributed by atoms with Gasteiger partial charge in [-0.25, -0.2) is 0 Å². The van der Waals surface area contributed by atoms with Crippen LogP contribution in [0.5, 0.6) is 0 Å². The van der Waals surface area contributed by atoms with Crippen LogP contribution in [0.2, 0.25) is 0 Å². The van der Waals surface area contributed by atoms with Gasteiger partial charge >= 0.3 is 0 Å². The second-order valence-electron chi connectivity index (χ2n) is 4.63. The highest BCUT2D eigenvalue weighted by Crippen LogP contribution is 2.40. The average Bonchev–Trinajstić information content (AvgIpc) is 3.02. The number of hydrogen-bond donors (Lipinski definition) is 2. The van der Waals surface area contributed by atoms with E-state index in [1.54, 1.807) is 0 Å². The van der Waals surface area contributed by atoms with Crippen molar-refractivity contribution in [3.8, 4) is 0 Å². The Morgan fingerprint density at radius 2 is 2.38 bits per heavy atom. The molecule has 2 N–H and O–H groups in total. The zero-order valence-corrected chi connectivity index (χ0v) is 10.0. The Hall–Kier alpha value is -0.800. The molecule has 1 fully saturated rings. The number of rotatable bonds is 7. The smallest absolute Gasteiger partial charge is 0.0448 e. The largest absolute Gasteiger partial charge is 0.396 e. The molecule has 3 nitrogen and oxygen atoms in total. The normalized spacial score (nSPS) is 17.6. The summed E-state index contributed by atoms with van der Waals surface area (Å²) in [5.41, 5.74) is 1.40. The number of aryl methyl sites for hydroxylation is 1. The summed E-state index contributed by atoms with van der Waals surface area (Å²) < 4.78 is 2.18. The molecule has 1 saturated carbocycles. The lowest BCUT2D eigenvalue weighted by molar-refractivity contribution is 0.280. The molecule has 0 aliphatic heterocycles. The summed E-state index contributed by atoms with van der Waals surface area (Å²) in [4.78, 5) is 0. The van der Waals surface area contributed by atoms with Gasteiger partial charge in [0.05, 0.1) is 0 Å². The lowest BCUT2D eigenvalue weighted by Crippen LogP contribution is -2.22. The Balaban J connectivity index is 1.97. The maximum absolute atomic E-state index is 8.80. The molecule has 1 aliphatic rings. The first-order chi connectivity index (χ1) is 7.85. The van der Waals surface area contributed by atoms with Crippen LogP contribution in [0.15, 0.2) is 18.5 Å². The number of nitrogens with one attached hydrogen (secondary N) is 1. The molecule has 0 amide bonds. The molecule has 1 heterocycles. The second kappa shape index (κ2) is 5.51. The average molecular weight is 222 g/mol. The lowest BCUT2D eigenvalue weighted by atomic mass is 10.1. The van der Waals surface area contributed by atoms with E-state index in [1.807, 2.05) is 0 Å². The summed E-state index contributed by atoms with van der Waals surface area (Å²) in [7, 11) is 0. The summed E-state index contributed by atoms with van der Waals surface area (Å²) in [5.74, 6) is 0.841. The van der Waals surface area contributed by atoms with Gasteiger partial charge in [-0.1, -0.05) is 6.92 Å². The van der Waals surface area contributed by atoms with Crippen molar-refractivity contribution in [2.75, 3.05) is 13.2 Å². The van der Waals surface area contributed by atoms with E-state index in [1.165, 1.54) is 18.4 Å². The molecule has 1 aliphatic carbocycles. The van der Waals surface area contributed by atoms with Gasteiger partial charge in [0.1, 0.15) is 0 Å². The van der Waals surface area contributed by atoms with Crippen molar-refractivity contribution in [2.45, 2.75) is 38.8 Å². The highest BCUT2D eigenvalue weighted by atomic mass is 16.3. The van der Waals surface area contributed by atoms with E-state index in [4.69, 9.17) is 5.11 Å². The molecule has 0 aromatic carbocycles. The minimum absolute atomic E-state index is 0.271. The molecule has 0 saturated heterocycles. The topological polar surface area (TPSA) is 37.2 Å². The van der Waals surface area contributed by atoms with Crippen LogP contribution >= 0.6 is 0 Å². The van der Waals surface area contributed by atoms with Crippen LogP contribution in [0.1, 0.15) is 37.8 Å². The predicted molar refractivity (Wildman–Crippen MR) is 65.3 cm³/mol. The van der Waals surface area contributed by atoms with Gasteiger partial charge in [-0.15, -0.1) is 0 Å². The summed E-state index contributed by atoms with van der Waals surface area (Å²) in [6.07, 6.45) is 7.90. The number of nitrogens with zero attached hydrogens (tertiary/aromatic N) is 1. The molecule has 16 heavy (non-hydrogen) atoms. The van der Waals surface area contributed by atoms with Crippen LogP contribution in [0.4, 0.5) is 0 Å². The molecule has 2 rings (SSSR count). The number of hydrogen-bond acceptors (Lipinski definition) is 2. The van der Waals surface area contributed by atoms with Gasteiger partial charge in [-0.3, -0.25) is 0 Å². The van der Waals surface area contributed by atoms with Crippen LogP contribution in [0.25, 0.3) is 0 Å². The van der Waals surface area contributed by atoms with Crippen LogP contribution in [0, 0.1) is 5.92 Å². The molecule has 90 valence electrons. The van der Waals surface area contributed by atoms with Gasteiger partial charge in [-0.2, -0.15) is 0 Å². The second-order valence-corrected chi connectivity index (χ2v) is 4.63. The van der Waals surface area contributed by atoms with Crippen LogP contribution < -0.4 is 5.32 Å². The van der Waals surface area contributed by atoms with E-state index in [0.29, 0.717) is 6.04 Å². The van der Waals surface area contributed by atoms with Gasteiger partial charge < -0.3 is 15.0 Å². The van der Waals surface area contributed by atoms with Gasteiger partial charge in [0.25, 0.3) is 0 Å². The molecule has 3 heteroatoms. The van der Waals surface area contributed by atoms with E-state index in [2.05, 4.69) is 35.3 Å². The third kappa shape index (κ3) is 2.86. The fourth-order valence-electron chi connectivity index (χ4n) is 2.24. The summed E-state index contributed by atoms with van der Waals surface area (Å²) in [6, 6.07) is 2.75. The van der Waals surface area contributed by atoms with E-state index in [0.717, 1.165) is 25.4 Å². The molecule has 0 spiro atoms. The third-order valence-electron chi connectivity index (χ3n) is 3.22. The maximum atomic E-state index is 8.80. The third-order valence-corrected chi connectivity index (χ3v) is 3.22. The zero-order valence-electron chi connectivity index (χ0n) is 10.0. The minimum Gasteiger partial charge on any atom is -0.396 e. The van der Waals surface area contributed by atoms with Crippen molar-refractivity contribution in [1.29, 1.82) is 0 Å². The summed E-state index contributed by atoms with van der Waals surface area (Å²) in [5, 5.41) is 12.4. The first-order valence-corrected chi connectivity index (χ1v) is 6.35. The van der Waals surface area contributed by atoms with Crippen LogP contribution in [0.3, 0.4) is 0 Å². The SMILES string of the molecule is CCNC(c1ccn(CCCO)c1)C1CC1. The highest BCUT2D eigenvalue weighted by molar-refractivity contribution is 5.18. The van der Waals surface area contributed by atoms with Crippen molar-refractivity contribution < 1.29 is 5.11 Å². The van der Waals surface area contributed by atoms with Gasteiger partial charge in [0.2, 0.25) is 0 Å². The number of aliphatic hydroxyl groups is 1. The summed E-state index contributed by atoms with van der Waals surface area (Å²) >= 11 is 0. The zero-order chi connectivity index (χ0) is 11.4. The van der Waals surface area contributed by atoms with E-state index in [-0.39, 0.29) is 6.61 Å². The minimum atomic E-state index is 0.271. The molecule has 1 atom stereocenters. The maximum Gasteiger partial charge on any atom is 0.0448 e. The lowest BCUT2D eigenvalue weighted by Gasteiger charge is -2.15. The molecular formula is C13H22N2O. The van der Waals surface area contributed by atoms with Gasteiger partial charge in [0.15, 0.2) is 0 Å². The fraction of sp³-hybridized carbons (Fsp3) is 0.692. The Labute approximate surface area is 97.5 Å². The number of aromatic nitrogens is 1. The van der Waals surface area contributed by atoms with Crippen molar-refractivity contribution in [1.82, 2.24) is 9.88 Å². The molecule has 1 aromatic heterocycles. The van der Waals surface area contributed by atoms with Gasteiger partial charge in [-0.05, 0) is 43.4 Å². The van der Waals surface area contributed by atoms with E-state index >= 15 is 0 Å².